The molecule has 2 aromatic carbocycles. The van der Waals surface area contributed by atoms with Crippen LogP contribution in [-0.2, 0) is 11.2 Å². The van der Waals surface area contributed by atoms with E-state index < -0.39 is 0 Å². The summed E-state index contributed by atoms with van der Waals surface area (Å²) in [6.07, 6.45) is 6.91. The zero-order valence-corrected chi connectivity index (χ0v) is 16.8. The lowest BCUT2D eigenvalue weighted by molar-refractivity contribution is -0.116. The van der Waals surface area contributed by atoms with Crippen molar-refractivity contribution in [2.24, 2.45) is 0 Å². The smallest absolute Gasteiger partial charge is 0.224 e. The Bertz CT molecular complexity index is 872. The molecule has 4 rings (SSSR count). The highest BCUT2D eigenvalue weighted by molar-refractivity contribution is 6.30. The SMILES string of the molecule is O=C1CCc2cc(C=CCCN3CCN(c4cccc(Cl)c4)CC3)ccc2N1. The van der Waals surface area contributed by atoms with Crippen LogP contribution >= 0.6 is 11.6 Å². The van der Waals surface area contributed by atoms with Crippen molar-refractivity contribution in [2.75, 3.05) is 42.9 Å². The maximum atomic E-state index is 11.4. The molecule has 0 radical (unpaired) electrons. The summed E-state index contributed by atoms with van der Waals surface area (Å²) in [5, 5.41) is 3.74. The van der Waals surface area contributed by atoms with E-state index in [4.69, 9.17) is 11.6 Å². The molecular formula is C23H26ClN3O. The number of halogens is 1. The standard InChI is InChI=1S/C23H26ClN3O/c24-20-5-3-6-21(17-20)27-14-12-26(13-15-27)11-2-1-4-18-7-9-22-19(16-18)8-10-23(28)25-22/h1,3-7,9,16-17H,2,8,10-15H2,(H,25,28). The molecule has 0 spiro atoms. The molecule has 4 nitrogen and oxygen atoms in total. The van der Waals surface area contributed by atoms with Gasteiger partial charge in [0.05, 0.1) is 0 Å². The monoisotopic (exact) mass is 395 g/mol. The van der Waals surface area contributed by atoms with E-state index in [1.165, 1.54) is 16.8 Å². The lowest BCUT2D eigenvalue weighted by atomic mass is 10.00. The first-order valence-corrected chi connectivity index (χ1v) is 10.4. The summed E-state index contributed by atoms with van der Waals surface area (Å²) >= 11 is 6.11. The Balaban J connectivity index is 1.23. The first-order chi connectivity index (χ1) is 13.7. The minimum atomic E-state index is 0.117. The lowest BCUT2D eigenvalue weighted by Crippen LogP contribution is -2.46. The Morgan fingerprint density at radius 1 is 1.04 bits per heavy atom. The summed E-state index contributed by atoms with van der Waals surface area (Å²) in [5.74, 6) is 0.117. The molecule has 5 heteroatoms. The summed E-state index contributed by atoms with van der Waals surface area (Å²) in [7, 11) is 0. The Morgan fingerprint density at radius 2 is 1.89 bits per heavy atom. The zero-order valence-electron chi connectivity index (χ0n) is 16.0. The number of hydrogen-bond donors (Lipinski definition) is 1. The average molecular weight is 396 g/mol. The van der Waals surface area contributed by atoms with E-state index in [1.807, 2.05) is 24.3 Å². The molecule has 0 bridgehead atoms. The van der Waals surface area contributed by atoms with E-state index in [1.54, 1.807) is 0 Å². The summed E-state index contributed by atoms with van der Waals surface area (Å²) < 4.78 is 0. The van der Waals surface area contributed by atoms with Gasteiger partial charge in [-0.05, 0) is 54.3 Å². The molecule has 0 atom stereocenters. The van der Waals surface area contributed by atoms with Crippen LogP contribution in [0, 0.1) is 0 Å². The molecule has 0 aromatic heterocycles. The molecule has 0 aliphatic carbocycles. The van der Waals surface area contributed by atoms with Crippen molar-refractivity contribution in [1.29, 1.82) is 0 Å². The van der Waals surface area contributed by atoms with Gasteiger partial charge in [-0.1, -0.05) is 35.9 Å². The number of hydrogen-bond acceptors (Lipinski definition) is 3. The van der Waals surface area contributed by atoms with Crippen molar-refractivity contribution in [3.8, 4) is 0 Å². The third-order valence-corrected chi connectivity index (χ3v) is 5.73. The molecular weight excluding hydrogens is 370 g/mol. The van der Waals surface area contributed by atoms with E-state index >= 15 is 0 Å². The minimum absolute atomic E-state index is 0.117. The van der Waals surface area contributed by atoms with Crippen LogP contribution in [0.3, 0.4) is 0 Å². The molecule has 2 aliphatic rings. The average Bonchev–Trinajstić information content (AvgIpc) is 2.72. The molecule has 1 amide bonds. The quantitative estimate of drug-likeness (QED) is 0.812. The number of carbonyl (C=O) groups is 1. The van der Waals surface area contributed by atoms with E-state index in [2.05, 4.69) is 45.5 Å². The second-order valence-electron chi connectivity index (χ2n) is 7.46. The number of aryl methyl sites for hydroxylation is 1. The Kier molecular flexibility index (Phi) is 5.98. The van der Waals surface area contributed by atoms with Gasteiger partial charge in [0, 0.05) is 55.5 Å². The number of anilines is 2. The molecule has 1 saturated heterocycles. The van der Waals surface area contributed by atoms with Crippen LogP contribution in [0.15, 0.2) is 48.5 Å². The molecule has 0 unspecified atom stereocenters. The third-order valence-electron chi connectivity index (χ3n) is 5.49. The summed E-state index contributed by atoms with van der Waals surface area (Å²) in [6.45, 7) is 5.33. The number of nitrogens with zero attached hydrogens (tertiary/aromatic N) is 2. The van der Waals surface area contributed by atoms with Crippen LogP contribution < -0.4 is 10.2 Å². The van der Waals surface area contributed by atoms with Crippen molar-refractivity contribution in [2.45, 2.75) is 19.3 Å². The van der Waals surface area contributed by atoms with Crippen molar-refractivity contribution in [3.63, 3.8) is 0 Å². The van der Waals surface area contributed by atoms with Gasteiger partial charge in [0.25, 0.3) is 0 Å². The van der Waals surface area contributed by atoms with Crippen molar-refractivity contribution in [3.05, 3.63) is 64.7 Å². The van der Waals surface area contributed by atoms with Crippen LogP contribution in [0.4, 0.5) is 11.4 Å². The van der Waals surface area contributed by atoms with Gasteiger partial charge in [0.15, 0.2) is 0 Å². The number of carbonyl (C=O) groups excluding carboxylic acids is 1. The van der Waals surface area contributed by atoms with Gasteiger partial charge in [0.1, 0.15) is 0 Å². The highest BCUT2D eigenvalue weighted by Gasteiger charge is 2.17. The fourth-order valence-electron chi connectivity index (χ4n) is 3.89. The number of nitrogens with one attached hydrogen (secondary N) is 1. The van der Waals surface area contributed by atoms with Crippen LogP contribution in [0.25, 0.3) is 6.08 Å². The molecule has 28 heavy (non-hydrogen) atoms. The van der Waals surface area contributed by atoms with Crippen LogP contribution in [0.5, 0.6) is 0 Å². The van der Waals surface area contributed by atoms with Gasteiger partial charge in [-0.15, -0.1) is 0 Å². The van der Waals surface area contributed by atoms with Gasteiger partial charge >= 0.3 is 0 Å². The molecule has 146 valence electrons. The summed E-state index contributed by atoms with van der Waals surface area (Å²) in [6, 6.07) is 14.4. The normalized spacial score (nSPS) is 17.6. The maximum absolute atomic E-state index is 11.4. The number of piperazine rings is 1. The fraction of sp³-hybridized carbons (Fsp3) is 0.348. The van der Waals surface area contributed by atoms with Gasteiger partial charge in [-0.2, -0.15) is 0 Å². The van der Waals surface area contributed by atoms with E-state index in [0.717, 1.165) is 56.3 Å². The third kappa shape index (κ3) is 4.75. The van der Waals surface area contributed by atoms with Crippen LogP contribution in [0.2, 0.25) is 5.02 Å². The minimum Gasteiger partial charge on any atom is -0.369 e. The first-order valence-electron chi connectivity index (χ1n) is 9.99. The van der Waals surface area contributed by atoms with Crippen molar-refractivity contribution < 1.29 is 4.79 Å². The number of amides is 1. The molecule has 2 aromatic rings. The second kappa shape index (κ2) is 8.80. The molecule has 0 saturated carbocycles. The van der Waals surface area contributed by atoms with Gasteiger partial charge in [-0.3, -0.25) is 9.69 Å². The largest absolute Gasteiger partial charge is 0.369 e. The molecule has 2 aliphatic heterocycles. The second-order valence-corrected chi connectivity index (χ2v) is 7.90. The number of rotatable bonds is 5. The lowest BCUT2D eigenvalue weighted by Gasteiger charge is -2.36. The van der Waals surface area contributed by atoms with Crippen molar-refractivity contribution >= 4 is 35.0 Å². The summed E-state index contributed by atoms with van der Waals surface area (Å²) in [4.78, 5) is 16.4. The van der Waals surface area contributed by atoms with Crippen LogP contribution in [0.1, 0.15) is 24.0 Å². The maximum Gasteiger partial charge on any atom is 0.224 e. The van der Waals surface area contributed by atoms with E-state index in [-0.39, 0.29) is 5.91 Å². The topological polar surface area (TPSA) is 35.6 Å². The molecule has 2 heterocycles. The van der Waals surface area contributed by atoms with Gasteiger partial charge in [-0.25, -0.2) is 0 Å². The predicted molar refractivity (Wildman–Crippen MR) is 117 cm³/mol. The first kappa shape index (κ1) is 19.0. The van der Waals surface area contributed by atoms with Gasteiger partial charge in [0.2, 0.25) is 5.91 Å². The Labute approximate surface area is 171 Å². The number of benzene rings is 2. The Morgan fingerprint density at radius 3 is 2.71 bits per heavy atom. The Hall–Kier alpha value is -2.30. The van der Waals surface area contributed by atoms with E-state index in [9.17, 15) is 4.79 Å². The molecule has 1 N–H and O–H groups in total. The fourth-order valence-corrected chi connectivity index (χ4v) is 4.07. The predicted octanol–water partition coefficient (Wildman–Crippen LogP) is 4.45. The van der Waals surface area contributed by atoms with E-state index in [0.29, 0.717) is 6.42 Å². The molecule has 1 fully saturated rings. The highest BCUT2D eigenvalue weighted by Crippen LogP contribution is 2.24. The zero-order chi connectivity index (χ0) is 19.3. The highest BCUT2D eigenvalue weighted by atomic mass is 35.5. The van der Waals surface area contributed by atoms with Crippen LogP contribution in [-0.4, -0.2) is 43.5 Å². The van der Waals surface area contributed by atoms with Gasteiger partial charge < -0.3 is 10.2 Å². The summed E-state index contributed by atoms with van der Waals surface area (Å²) in [5.41, 5.74) is 4.63. The van der Waals surface area contributed by atoms with Crippen molar-refractivity contribution in [1.82, 2.24) is 4.90 Å². The number of fused-ring (bicyclic) bond motifs is 1.